The van der Waals surface area contributed by atoms with E-state index < -0.39 is 5.60 Å². The number of nitrogens with two attached hydrogens (primary N) is 1. The second-order valence-corrected chi connectivity index (χ2v) is 3.93. The predicted molar refractivity (Wildman–Crippen MR) is 57.7 cm³/mol. The van der Waals surface area contributed by atoms with Gasteiger partial charge in [-0.15, -0.1) is 6.42 Å². The number of terminal acetylenes is 1. The second-order valence-electron chi connectivity index (χ2n) is 3.13. The maximum atomic E-state index is 5.55. The van der Waals surface area contributed by atoms with Crippen molar-refractivity contribution in [3.8, 4) is 18.2 Å². The summed E-state index contributed by atoms with van der Waals surface area (Å²) < 4.78 is 5.97. The lowest BCUT2D eigenvalue weighted by Crippen LogP contribution is -2.26. The SMILES string of the molecule is C#CC(C)(C)Oc1ncnc(N)c1Br. The number of ether oxygens (including phenoxy) is 1. The first-order chi connectivity index (χ1) is 6.46. The van der Waals surface area contributed by atoms with Crippen molar-refractivity contribution in [3.63, 3.8) is 0 Å². The van der Waals surface area contributed by atoms with Crippen molar-refractivity contribution < 1.29 is 4.74 Å². The Morgan fingerprint density at radius 1 is 1.57 bits per heavy atom. The molecule has 0 atom stereocenters. The van der Waals surface area contributed by atoms with Gasteiger partial charge in [0.1, 0.15) is 16.6 Å². The van der Waals surface area contributed by atoms with E-state index in [1.54, 1.807) is 13.8 Å². The summed E-state index contributed by atoms with van der Waals surface area (Å²) in [6.45, 7) is 3.52. The highest BCUT2D eigenvalue weighted by Crippen LogP contribution is 2.28. The minimum absolute atomic E-state index is 0.322. The van der Waals surface area contributed by atoms with Gasteiger partial charge in [0, 0.05) is 0 Å². The summed E-state index contributed by atoms with van der Waals surface area (Å²) in [5, 5.41) is 0. The van der Waals surface area contributed by atoms with Gasteiger partial charge in [-0.05, 0) is 29.8 Å². The van der Waals surface area contributed by atoms with E-state index in [4.69, 9.17) is 16.9 Å². The van der Waals surface area contributed by atoms with Crippen molar-refractivity contribution in [2.24, 2.45) is 0 Å². The van der Waals surface area contributed by atoms with Crippen LogP contribution < -0.4 is 10.5 Å². The van der Waals surface area contributed by atoms with E-state index in [1.807, 2.05) is 0 Å². The maximum absolute atomic E-state index is 5.55. The Kier molecular flexibility index (Phi) is 2.96. The Bertz CT molecular complexity index is 384. The first kappa shape index (κ1) is 10.8. The Hall–Kier alpha value is -1.28. The average molecular weight is 256 g/mol. The molecule has 74 valence electrons. The van der Waals surface area contributed by atoms with Gasteiger partial charge in [-0.1, -0.05) is 5.92 Å². The molecule has 0 spiro atoms. The number of rotatable bonds is 2. The van der Waals surface area contributed by atoms with Crippen molar-refractivity contribution in [3.05, 3.63) is 10.8 Å². The average Bonchev–Trinajstić information content (AvgIpc) is 2.13. The lowest BCUT2D eigenvalue weighted by molar-refractivity contribution is 0.163. The highest BCUT2D eigenvalue weighted by atomic mass is 79.9. The van der Waals surface area contributed by atoms with Crippen LogP contribution in [0.25, 0.3) is 0 Å². The fraction of sp³-hybridized carbons (Fsp3) is 0.333. The van der Waals surface area contributed by atoms with Crippen LogP contribution in [0.3, 0.4) is 0 Å². The lowest BCUT2D eigenvalue weighted by Gasteiger charge is -2.19. The molecule has 1 aromatic rings. The molecule has 0 aliphatic heterocycles. The van der Waals surface area contributed by atoms with Gasteiger partial charge < -0.3 is 10.5 Å². The minimum Gasteiger partial charge on any atom is -0.457 e. The summed E-state index contributed by atoms with van der Waals surface area (Å²) in [7, 11) is 0. The van der Waals surface area contributed by atoms with Crippen LogP contribution in [0.1, 0.15) is 13.8 Å². The van der Waals surface area contributed by atoms with E-state index in [0.717, 1.165) is 0 Å². The molecule has 0 unspecified atom stereocenters. The van der Waals surface area contributed by atoms with Gasteiger partial charge in [-0.3, -0.25) is 0 Å². The summed E-state index contributed by atoms with van der Waals surface area (Å²) in [6.07, 6.45) is 6.60. The summed E-state index contributed by atoms with van der Waals surface area (Å²) in [6, 6.07) is 0. The molecule has 0 aromatic carbocycles. The molecule has 5 heteroatoms. The topological polar surface area (TPSA) is 61.0 Å². The monoisotopic (exact) mass is 255 g/mol. The molecule has 0 radical (unpaired) electrons. The zero-order chi connectivity index (χ0) is 10.8. The minimum atomic E-state index is -0.719. The lowest BCUT2D eigenvalue weighted by atomic mass is 10.1. The van der Waals surface area contributed by atoms with Gasteiger partial charge in [-0.2, -0.15) is 0 Å². The maximum Gasteiger partial charge on any atom is 0.234 e. The Balaban J connectivity index is 3.00. The first-order valence-corrected chi connectivity index (χ1v) is 4.68. The van der Waals surface area contributed by atoms with Gasteiger partial charge in [0.2, 0.25) is 5.88 Å². The van der Waals surface area contributed by atoms with E-state index in [1.165, 1.54) is 6.33 Å². The summed E-state index contributed by atoms with van der Waals surface area (Å²) in [5.41, 5.74) is 4.83. The Labute approximate surface area is 91.0 Å². The van der Waals surface area contributed by atoms with Crippen LogP contribution in [0.2, 0.25) is 0 Å². The highest BCUT2D eigenvalue weighted by Gasteiger charge is 2.19. The third kappa shape index (κ3) is 2.36. The molecule has 0 fully saturated rings. The van der Waals surface area contributed by atoms with E-state index in [9.17, 15) is 0 Å². The van der Waals surface area contributed by atoms with E-state index in [0.29, 0.717) is 16.2 Å². The summed E-state index contributed by atoms with van der Waals surface area (Å²) in [5.74, 6) is 3.16. The van der Waals surface area contributed by atoms with Crippen LogP contribution in [0.15, 0.2) is 10.8 Å². The van der Waals surface area contributed by atoms with Crippen LogP contribution in [-0.4, -0.2) is 15.6 Å². The number of aromatic nitrogens is 2. The normalized spacial score (nSPS) is 10.7. The number of hydrogen-bond donors (Lipinski definition) is 1. The summed E-state index contributed by atoms with van der Waals surface area (Å²) >= 11 is 3.22. The van der Waals surface area contributed by atoms with Crippen LogP contribution in [0, 0.1) is 12.3 Å². The van der Waals surface area contributed by atoms with Crippen molar-refractivity contribution >= 4 is 21.7 Å². The third-order valence-corrected chi connectivity index (χ3v) is 2.23. The molecule has 0 saturated carbocycles. The number of hydrogen-bond acceptors (Lipinski definition) is 4. The van der Waals surface area contributed by atoms with E-state index in [-0.39, 0.29) is 0 Å². The van der Waals surface area contributed by atoms with Gasteiger partial charge in [0.05, 0.1) is 0 Å². The van der Waals surface area contributed by atoms with Gasteiger partial charge in [0.15, 0.2) is 5.60 Å². The molecular weight excluding hydrogens is 246 g/mol. The Morgan fingerprint density at radius 3 is 2.79 bits per heavy atom. The van der Waals surface area contributed by atoms with Crippen LogP contribution in [0.4, 0.5) is 5.82 Å². The molecule has 0 bridgehead atoms. The molecule has 1 aromatic heterocycles. The molecule has 0 saturated heterocycles. The standard InChI is InChI=1S/C9H10BrN3O/c1-4-9(2,3)14-8-6(10)7(11)12-5-13-8/h1,5H,2-3H3,(H2,11,12,13). The molecule has 14 heavy (non-hydrogen) atoms. The molecule has 0 amide bonds. The van der Waals surface area contributed by atoms with Crippen LogP contribution in [-0.2, 0) is 0 Å². The zero-order valence-electron chi connectivity index (χ0n) is 7.91. The molecule has 0 aliphatic rings. The number of anilines is 1. The van der Waals surface area contributed by atoms with Crippen molar-refractivity contribution in [2.45, 2.75) is 19.4 Å². The fourth-order valence-electron chi connectivity index (χ4n) is 0.709. The molecule has 4 nitrogen and oxygen atoms in total. The van der Waals surface area contributed by atoms with Crippen molar-refractivity contribution in [2.75, 3.05) is 5.73 Å². The smallest absolute Gasteiger partial charge is 0.234 e. The molecule has 1 rings (SSSR count). The van der Waals surface area contributed by atoms with Crippen molar-refractivity contribution in [1.29, 1.82) is 0 Å². The molecule has 0 aliphatic carbocycles. The Morgan fingerprint density at radius 2 is 2.21 bits per heavy atom. The van der Waals surface area contributed by atoms with Crippen LogP contribution >= 0.6 is 15.9 Å². The molecular formula is C9H10BrN3O. The number of halogens is 1. The zero-order valence-corrected chi connectivity index (χ0v) is 9.50. The summed E-state index contributed by atoms with van der Waals surface area (Å²) in [4.78, 5) is 7.70. The van der Waals surface area contributed by atoms with Gasteiger partial charge in [0.25, 0.3) is 0 Å². The molecule has 1 heterocycles. The molecule has 2 N–H and O–H groups in total. The number of nitrogens with zero attached hydrogens (tertiary/aromatic N) is 2. The predicted octanol–water partition coefficient (Wildman–Crippen LogP) is 1.61. The largest absolute Gasteiger partial charge is 0.457 e. The first-order valence-electron chi connectivity index (χ1n) is 3.89. The fourth-order valence-corrected chi connectivity index (χ4v) is 0.994. The number of nitrogen functional groups attached to an aromatic ring is 1. The van der Waals surface area contributed by atoms with Gasteiger partial charge >= 0.3 is 0 Å². The van der Waals surface area contributed by atoms with E-state index >= 15 is 0 Å². The third-order valence-electron chi connectivity index (χ3n) is 1.48. The van der Waals surface area contributed by atoms with Crippen LogP contribution in [0.5, 0.6) is 5.88 Å². The second kappa shape index (κ2) is 3.84. The van der Waals surface area contributed by atoms with Gasteiger partial charge in [-0.25, -0.2) is 9.97 Å². The quantitative estimate of drug-likeness (QED) is 0.816. The van der Waals surface area contributed by atoms with E-state index in [2.05, 4.69) is 31.8 Å². The van der Waals surface area contributed by atoms with Crippen molar-refractivity contribution in [1.82, 2.24) is 9.97 Å². The highest BCUT2D eigenvalue weighted by molar-refractivity contribution is 9.10.